The van der Waals surface area contributed by atoms with Crippen LogP contribution in [-0.2, 0) is 11.9 Å². The van der Waals surface area contributed by atoms with Crippen LogP contribution < -0.4 is 0 Å². The van der Waals surface area contributed by atoms with Crippen LogP contribution in [0, 0.1) is 0 Å². The van der Waals surface area contributed by atoms with Crippen molar-refractivity contribution in [3.05, 3.63) is 65.2 Å². The van der Waals surface area contributed by atoms with E-state index in [-0.39, 0.29) is 0 Å². The first-order valence-corrected chi connectivity index (χ1v) is 10.3. The van der Waals surface area contributed by atoms with E-state index < -0.39 is 11.7 Å². The number of thioether (sulfide) groups is 1. The molecule has 132 valence electrons. The number of thiazole rings is 2. The van der Waals surface area contributed by atoms with Gasteiger partial charge >= 0.3 is 6.18 Å². The van der Waals surface area contributed by atoms with Crippen LogP contribution in [-0.4, -0.2) is 9.97 Å². The van der Waals surface area contributed by atoms with Crippen LogP contribution in [0.3, 0.4) is 0 Å². The fourth-order valence-electron chi connectivity index (χ4n) is 2.36. The number of hydrogen-bond acceptors (Lipinski definition) is 5. The highest BCUT2D eigenvalue weighted by Gasteiger charge is 2.30. The van der Waals surface area contributed by atoms with E-state index >= 15 is 0 Å². The van der Waals surface area contributed by atoms with Gasteiger partial charge in [0.25, 0.3) is 0 Å². The third-order valence-corrected chi connectivity index (χ3v) is 6.78. The molecule has 0 spiro atoms. The molecule has 0 N–H and O–H groups in total. The second-order valence-electron chi connectivity index (χ2n) is 5.46. The van der Waals surface area contributed by atoms with Gasteiger partial charge in [0.1, 0.15) is 5.01 Å². The summed E-state index contributed by atoms with van der Waals surface area (Å²) in [6.07, 6.45) is -4.32. The first kappa shape index (κ1) is 17.5. The second-order valence-corrected chi connectivity index (χ2v) is 8.57. The molecule has 4 aromatic rings. The highest BCUT2D eigenvalue weighted by molar-refractivity contribution is 8.00. The molecule has 26 heavy (non-hydrogen) atoms. The zero-order chi connectivity index (χ0) is 18.1. The van der Waals surface area contributed by atoms with Gasteiger partial charge in [0.15, 0.2) is 4.34 Å². The number of para-hydroxylation sites is 1. The lowest BCUT2D eigenvalue weighted by Gasteiger charge is -2.06. The van der Waals surface area contributed by atoms with Crippen molar-refractivity contribution >= 4 is 44.7 Å². The molecule has 2 nitrogen and oxygen atoms in total. The average molecular weight is 408 g/mol. The van der Waals surface area contributed by atoms with Gasteiger partial charge in [0.05, 0.1) is 21.5 Å². The summed E-state index contributed by atoms with van der Waals surface area (Å²) in [6, 6.07) is 13.1. The summed E-state index contributed by atoms with van der Waals surface area (Å²) in [7, 11) is 0. The molecule has 2 heterocycles. The monoisotopic (exact) mass is 408 g/mol. The third kappa shape index (κ3) is 3.77. The maximum atomic E-state index is 12.6. The maximum absolute atomic E-state index is 12.6. The molecule has 4 rings (SSSR count). The molecule has 0 unspecified atom stereocenters. The van der Waals surface area contributed by atoms with E-state index in [9.17, 15) is 13.2 Å². The number of alkyl halides is 3. The van der Waals surface area contributed by atoms with Gasteiger partial charge in [-0.15, -0.1) is 22.7 Å². The molecule has 0 aliphatic carbocycles. The molecule has 0 fully saturated rings. The number of aromatic nitrogens is 2. The van der Waals surface area contributed by atoms with Gasteiger partial charge in [-0.1, -0.05) is 36.0 Å². The van der Waals surface area contributed by atoms with Gasteiger partial charge < -0.3 is 0 Å². The smallest absolute Gasteiger partial charge is 0.240 e. The summed E-state index contributed by atoms with van der Waals surface area (Å²) in [6.45, 7) is 0. The topological polar surface area (TPSA) is 25.8 Å². The third-order valence-electron chi connectivity index (χ3n) is 3.63. The quantitative estimate of drug-likeness (QED) is 0.350. The largest absolute Gasteiger partial charge is 0.416 e. The number of fused-ring (bicyclic) bond motifs is 1. The van der Waals surface area contributed by atoms with Gasteiger partial charge in [-0.2, -0.15) is 13.2 Å². The van der Waals surface area contributed by atoms with Crippen molar-refractivity contribution in [2.75, 3.05) is 0 Å². The lowest BCUT2D eigenvalue weighted by atomic mass is 10.1. The van der Waals surface area contributed by atoms with Gasteiger partial charge in [0.2, 0.25) is 0 Å². The van der Waals surface area contributed by atoms with Gasteiger partial charge in [-0.3, -0.25) is 0 Å². The van der Waals surface area contributed by atoms with Crippen LogP contribution in [0.25, 0.3) is 20.8 Å². The Balaban J connectivity index is 1.46. The normalized spacial score (nSPS) is 12.0. The minimum absolute atomic E-state index is 0.649. The zero-order valence-electron chi connectivity index (χ0n) is 13.2. The summed E-state index contributed by atoms with van der Waals surface area (Å²) in [5.74, 6) is 0.678. The molecule has 0 aliphatic rings. The highest BCUT2D eigenvalue weighted by atomic mass is 32.2. The summed E-state index contributed by atoms with van der Waals surface area (Å²) in [5, 5.41) is 2.66. The molecule has 8 heteroatoms. The predicted molar refractivity (Wildman–Crippen MR) is 102 cm³/mol. The Kier molecular flexibility index (Phi) is 4.73. The standard InChI is InChI=1S/C18H11F3N2S3/c19-18(20,21)12-7-5-11(6-8-12)16-22-13(9-24-16)10-25-17-23-14-3-1-2-4-15(14)26-17/h1-9H,10H2. The molecule has 0 radical (unpaired) electrons. The SMILES string of the molecule is FC(F)(F)c1ccc(-c2nc(CSc3nc4ccccc4s3)cs2)cc1. The minimum Gasteiger partial charge on any atom is -0.240 e. The number of nitrogens with zero attached hydrogens (tertiary/aromatic N) is 2. The van der Waals surface area contributed by atoms with E-state index in [0.717, 1.165) is 37.4 Å². The Hall–Kier alpha value is -1.90. The number of benzene rings is 2. The average Bonchev–Trinajstić information content (AvgIpc) is 3.26. The second kappa shape index (κ2) is 7.02. The van der Waals surface area contributed by atoms with Crippen LogP contribution in [0.5, 0.6) is 0 Å². The molecular formula is C18H11F3N2S3. The Morgan fingerprint density at radius 2 is 1.73 bits per heavy atom. The van der Waals surface area contributed by atoms with Crippen LogP contribution in [0.15, 0.2) is 58.3 Å². The van der Waals surface area contributed by atoms with Crippen LogP contribution in [0.1, 0.15) is 11.3 Å². The molecule has 0 bridgehead atoms. The first-order chi connectivity index (χ1) is 12.5. The molecule has 0 atom stereocenters. The molecular weight excluding hydrogens is 397 g/mol. The summed E-state index contributed by atoms with van der Waals surface area (Å²) >= 11 is 4.69. The van der Waals surface area contributed by atoms with Crippen LogP contribution in [0.4, 0.5) is 13.2 Å². The lowest BCUT2D eigenvalue weighted by molar-refractivity contribution is -0.137. The molecule has 0 aliphatic heterocycles. The van der Waals surface area contributed by atoms with Crippen molar-refractivity contribution in [3.8, 4) is 10.6 Å². The summed E-state index contributed by atoms with van der Waals surface area (Å²) in [5.41, 5.74) is 1.93. The van der Waals surface area contributed by atoms with Crippen molar-refractivity contribution in [2.45, 2.75) is 16.3 Å². The minimum atomic E-state index is -4.32. The summed E-state index contributed by atoms with van der Waals surface area (Å²) < 4.78 is 40.1. The molecule has 0 amide bonds. The van der Waals surface area contributed by atoms with Crippen molar-refractivity contribution in [2.24, 2.45) is 0 Å². The first-order valence-electron chi connectivity index (χ1n) is 7.59. The zero-order valence-corrected chi connectivity index (χ0v) is 15.6. The van der Waals surface area contributed by atoms with E-state index in [1.165, 1.54) is 23.5 Å². The Morgan fingerprint density at radius 3 is 2.46 bits per heavy atom. The van der Waals surface area contributed by atoms with E-state index in [0.29, 0.717) is 11.3 Å². The molecule has 2 aromatic heterocycles. The van der Waals surface area contributed by atoms with Crippen molar-refractivity contribution in [1.29, 1.82) is 0 Å². The molecule has 2 aromatic carbocycles. The molecule has 0 saturated carbocycles. The number of halogens is 3. The van der Waals surface area contributed by atoms with E-state index in [2.05, 4.69) is 9.97 Å². The Labute approximate surface area is 159 Å². The van der Waals surface area contributed by atoms with Gasteiger partial charge in [-0.25, -0.2) is 9.97 Å². The van der Waals surface area contributed by atoms with Crippen molar-refractivity contribution in [1.82, 2.24) is 9.97 Å². The maximum Gasteiger partial charge on any atom is 0.416 e. The van der Waals surface area contributed by atoms with Crippen LogP contribution in [0.2, 0.25) is 0 Å². The van der Waals surface area contributed by atoms with Crippen molar-refractivity contribution < 1.29 is 13.2 Å². The van der Waals surface area contributed by atoms with Gasteiger partial charge in [0, 0.05) is 16.7 Å². The number of hydrogen-bond donors (Lipinski definition) is 0. The summed E-state index contributed by atoms with van der Waals surface area (Å²) in [4.78, 5) is 9.11. The van der Waals surface area contributed by atoms with Crippen LogP contribution >= 0.6 is 34.4 Å². The lowest BCUT2D eigenvalue weighted by Crippen LogP contribution is -2.03. The molecule has 0 saturated heterocycles. The fourth-order valence-corrected chi connectivity index (χ4v) is 5.25. The number of rotatable bonds is 4. The van der Waals surface area contributed by atoms with E-state index in [1.54, 1.807) is 23.1 Å². The highest BCUT2D eigenvalue weighted by Crippen LogP contribution is 2.34. The Bertz CT molecular complexity index is 1000. The predicted octanol–water partition coefficient (Wildman–Crippen LogP) is 6.73. The van der Waals surface area contributed by atoms with Crippen molar-refractivity contribution in [3.63, 3.8) is 0 Å². The Morgan fingerprint density at radius 1 is 0.962 bits per heavy atom. The van der Waals surface area contributed by atoms with E-state index in [1.807, 2.05) is 29.6 Å². The fraction of sp³-hybridized carbons (Fsp3) is 0.111. The van der Waals surface area contributed by atoms with Gasteiger partial charge in [-0.05, 0) is 24.3 Å². The van der Waals surface area contributed by atoms with E-state index in [4.69, 9.17) is 0 Å².